The molecule has 100 valence electrons. The minimum atomic E-state index is -1.68. The van der Waals surface area contributed by atoms with Crippen molar-refractivity contribution >= 4 is 0 Å². The van der Waals surface area contributed by atoms with Gasteiger partial charge in [-0.2, -0.15) is 0 Å². The monoisotopic (exact) mass is 258 g/mol. The lowest BCUT2D eigenvalue weighted by Crippen LogP contribution is -2.46. The van der Waals surface area contributed by atoms with Crippen molar-refractivity contribution in [1.82, 2.24) is 9.97 Å². The Morgan fingerprint density at radius 3 is 2.67 bits per heavy atom. The Balaban J connectivity index is 2.41. The zero-order valence-electron chi connectivity index (χ0n) is 9.58. The third-order valence-electron chi connectivity index (χ3n) is 3.17. The molecule has 4 atom stereocenters. The normalized spacial score (nSPS) is 35.9. The highest BCUT2D eigenvalue weighted by Gasteiger charge is 2.52. The molecule has 0 amide bonds. The first-order valence-electron chi connectivity index (χ1n) is 5.36. The summed E-state index contributed by atoms with van der Waals surface area (Å²) in [6.07, 6.45) is -2.39. The number of nitrogens with one attached hydrogen (secondary N) is 2. The lowest BCUT2D eigenvalue weighted by atomic mass is 9.91. The second-order valence-corrected chi connectivity index (χ2v) is 4.43. The fourth-order valence-corrected chi connectivity index (χ4v) is 1.99. The lowest BCUT2D eigenvalue weighted by molar-refractivity contribution is -0.0794. The van der Waals surface area contributed by atoms with Gasteiger partial charge in [-0.25, -0.2) is 4.79 Å². The summed E-state index contributed by atoms with van der Waals surface area (Å²) >= 11 is 0. The third-order valence-corrected chi connectivity index (χ3v) is 3.17. The molecule has 0 spiro atoms. The molecular formula is C10H14N2O6. The molecule has 0 aromatic carbocycles. The van der Waals surface area contributed by atoms with E-state index in [0.717, 1.165) is 6.20 Å². The molecule has 1 saturated heterocycles. The summed E-state index contributed by atoms with van der Waals surface area (Å²) in [7, 11) is 0. The molecule has 1 aliphatic rings. The standard InChI is InChI=1S/C10H14N2O6/c1-10(17)5(3-13)18-6(7(10)14)4-2-11-9(16)12-8(4)15/h2,5-7,13-14,17H,3H2,1H3,(H2,11,12,15,16)/t5-,6+,7+,10-/m1/s1. The van der Waals surface area contributed by atoms with Gasteiger partial charge < -0.3 is 25.0 Å². The second kappa shape index (κ2) is 4.32. The van der Waals surface area contributed by atoms with Crippen molar-refractivity contribution in [3.63, 3.8) is 0 Å². The van der Waals surface area contributed by atoms with Crippen LogP contribution < -0.4 is 11.2 Å². The maximum Gasteiger partial charge on any atom is 0.325 e. The molecule has 1 aliphatic heterocycles. The zero-order valence-corrected chi connectivity index (χ0v) is 9.58. The topological polar surface area (TPSA) is 136 Å². The van der Waals surface area contributed by atoms with Gasteiger partial charge in [0.15, 0.2) is 0 Å². The molecule has 1 aromatic heterocycles. The average Bonchev–Trinajstić information content (AvgIpc) is 2.52. The molecule has 0 radical (unpaired) electrons. The predicted octanol–water partition coefficient (Wildman–Crippen LogP) is -2.39. The van der Waals surface area contributed by atoms with Gasteiger partial charge in [-0.15, -0.1) is 0 Å². The molecule has 1 aromatic rings. The first-order valence-corrected chi connectivity index (χ1v) is 5.36. The lowest BCUT2D eigenvalue weighted by Gasteiger charge is -2.25. The minimum Gasteiger partial charge on any atom is -0.394 e. The van der Waals surface area contributed by atoms with Crippen LogP contribution in [0.25, 0.3) is 0 Å². The van der Waals surface area contributed by atoms with E-state index in [9.17, 15) is 19.8 Å². The van der Waals surface area contributed by atoms with Gasteiger partial charge in [-0.05, 0) is 6.92 Å². The van der Waals surface area contributed by atoms with Crippen LogP contribution in [0.5, 0.6) is 0 Å². The maximum atomic E-state index is 11.6. The first kappa shape index (κ1) is 13.0. The van der Waals surface area contributed by atoms with Crippen LogP contribution in [0.3, 0.4) is 0 Å². The van der Waals surface area contributed by atoms with Crippen LogP contribution >= 0.6 is 0 Å². The van der Waals surface area contributed by atoms with E-state index in [1.54, 1.807) is 0 Å². The number of H-pyrrole nitrogens is 2. The van der Waals surface area contributed by atoms with Crippen LogP contribution in [-0.2, 0) is 4.74 Å². The Morgan fingerprint density at radius 1 is 1.50 bits per heavy atom. The van der Waals surface area contributed by atoms with E-state index < -0.39 is 41.8 Å². The summed E-state index contributed by atoms with van der Waals surface area (Å²) < 4.78 is 5.25. The van der Waals surface area contributed by atoms with E-state index in [-0.39, 0.29) is 5.56 Å². The summed E-state index contributed by atoms with van der Waals surface area (Å²) in [5.74, 6) is 0. The number of rotatable bonds is 2. The Kier molecular flexibility index (Phi) is 3.11. The molecule has 2 heterocycles. The number of ether oxygens (including phenoxy) is 1. The summed E-state index contributed by atoms with van der Waals surface area (Å²) in [4.78, 5) is 26.7. The molecule has 8 nitrogen and oxygen atoms in total. The van der Waals surface area contributed by atoms with Crippen LogP contribution in [0.4, 0.5) is 0 Å². The van der Waals surface area contributed by atoms with Crippen LogP contribution in [0, 0.1) is 0 Å². The van der Waals surface area contributed by atoms with Crippen LogP contribution in [0.15, 0.2) is 15.8 Å². The van der Waals surface area contributed by atoms with E-state index in [1.165, 1.54) is 6.92 Å². The summed E-state index contributed by atoms with van der Waals surface area (Å²) in [6, 6.07) is 0. The van der Waals surface area contributed by atoms with Gasteiger partial charge in [-0.3, -0.25) is 9.78 Å². The fourth-order valence-electron chi connectivity index (χ4n) is 1.99. The predicted molar refractivity (Wildman–Crippen MR) is 59.0 cm³/mol. The second-order valence-electron chi connectivity index (χ2n) is 4.43. The Labute approximate surface area is 101 Å². The molecule has 2 rings (SSSR count). The fraction of sp³-hybridized carbons (Fsp3) is 0.600. The van der Waals surface area contributed by atoms with Crippen LogP contribution in [0.2, 0.25) is 0 Å². The molecule has 5 N–H and O–H groups in total. The number of hydrogen-bond acceptors (Lipinski definition) is 6. The summed E-state index contributed by atoms with van der Waals surface area (Å²) in [6.45, 7) is 0.806. The SMILES string of the molecule is C[C@@]1(O)[C@@H](CO)O[C@@H](c2c[nH]c(=O)[nH]c2=O)[C@@H]1O. The minimum absolute atomic E-state index is 0.0154. The smallest absolute Gasteiger partial charge is 0.325 e. The van der Waals surface area contributed by atoms with E-state index in [0.29, 0.717) is 0 Å². The van der Waals surface area contributed by atoms with Crippen molar-refractivity contribution in [3.05, 3.63) is 32.6 Å². The van der Waals surface area contributed by atoms with Gasteiger partial charge in [0, 0.05) is 6.20 Å². The zero-order chi connectivity index (χ0) is 13.5. The van der Waals surface area contributed by atoms with Gasteiger partial charge in [0.1, 0.15) is 23.9 Å². The number of aliphatic hydroxyl groups excluding tert-OH is 2. The van der Waals surface area contributed by atoms with Gasteiger partial charge in [0.25, 0.3) is 5.56 Å². The first-order chi connectivity index (χ1) is 8.37. The Morgan fingerprint density at radius 2 is 2.17 bits per heavy atom. The highest BCUT2D eigenvalue weighted by molar-refractivity contribution is 5.16. The summed E-state index contributed by atoms with van der Waals surface area (Å²) in [5.41, 5.74) is -3.08. The number of aromatic amines is 2. The quantitative estimate of drug-likeness (QED) is 0.401. The maximum absolute atomic E-state index is 11.6. The van der Waals surface area contributed by atoms with E-state index in [2.05, 4.69) is 4.98 Å². The molecule has 1 fully saturated rings. The Hall–Kier alpha value is -1.48. The molecular weight excluding hydrogens is 244 g/mol. The van der Waals surface area contributed by atoms with Crippen molar-refractivity contribution in [2.24, 2.45) is 0 Å². The van der Waals surface area contributed by atoms with Gasteiger partial charge in [0.05, 0.1) is 12.2 Å². The molecule has 18 heavy (non-hydrogen) atoms. The number of hydrogen-bond donors (Lipinski definition) is 5. The van der Waals surface area contributed by atoms with Gasteiger partial charge in [-0.1, -0.05) is 0 Å². The van der Waals surface area contributed by atoms with Crippen molar-refractivity contribution in [2.45, 2.75) is 30.8 Å². The van der Waals surface area contributed by atoms with E-state index in [1.807, 2.05) is 4.98 Å². The van der Waals surface area contributed by atoms with E-state index >= 15 is 0 Å². The van der Waals surface area contributed by atoms with E-state index in [4.69, 9.17) is 9.84 Å². The van der Waals surface area contributed by atoms with Gasteiger partial charge >= 0.3 is 5.69 Å². The van der Waals surface area contributed by atoms with Crippen LogP contribution in [-0.4, -0.2) is 49.7 Å². The number of aromatic nitrogens is 2. The van der Waals surface area contributed by atoms with Crippen molar-refractivity contribution in [3.8, 4) is 0 Å². The van der Waals surface area contributed by atoms with Crippen LogP contribution in [0.1, 0.15) is 18.6 Å². The number of aliphatic hydroxyl groups is 3. The summed E-state index contributed by atoms with van der Waals surface area (Å²) in [5, 5.41) is 29.0. The van der Waals surface area contributed by atoms with Gasteiger partial charge in [0.2, 0.25) is 0 Å². The highest BCUT2D eigenvalue weighted by Crippen LogP contribution is 2.38. The van der Waals surface area contributed by atoms with Crippen molar-refractivity contribution in [2.75, 3.05) is 6.61 Å². The van der Waals surface area contributed by atoms with Crippen molar-refractivity contribution in [1.29, 1.82) is 0 Å². The highest BCUT2D eigenvalue weighted by atomic mass is 16.6. The molecule has 0 bridgehead atoms. The third kappa shape index (κ3) is 1.89. The Bertz CT molecular complexity index is 548. The molecule has 0 aliphatic carbocycles. The molecule has 0 saturated carbocycles. The largest absolute Gasteiger partial charge is 0.394 e. The molecule has 8 heteroatoms. The average molecular weight is 258 g/mol. The molecule has 0 unspecified atom stereocenters. The van der Waals surface area contributed by atoms with Crippen molar-refractivity contribution < 1.29 is 20.1 Å².